The first-order valence-corrected chi connectivity index (χ1v) is 5.89. The van der Waals surface area contributed by atoms with E-state index in [0.717, 1.165) is 12.2 Å². The Hall–Kier alpha value is -1.47. The normalized spacial score (nSPS) is 10.1. The van der Waals surface area contributed by atoms with Crippen LogP contribution in [0.2, 0.25) is 0 Å². The molecule has 82 valence electrons. The number of nitrogens with one attached hydrogen (secondary N) is 1. The highest BCUT2D eigenvalue weighted by Gasteiger charge is 1.96. The van der Waals surface area contributed by atoms with Crippen LogP contribution in [0.5, 0.6) is 0 Å². The summed E-state index contributed by atoms with van der Waals surface area (Å²) in [7, 11) is 0. The molecule has 0 bridgehead atoms. The van der Waals surface area contributed by atoms with E-state index in [1.54, 1.807) is 0 Å². The largest absolute Gasteiger partial charge is 0.384 e. The van der Waals surface area contributed by atoms with E-state index in [0.29, 0.717) is 5.88 Å². The highest BCUT2D eigenvalue weighted by Crippen LogP contribution is 2.20. The van der Waals surface area contributed by atoms with Crippen LogP contribution < -0.4 is 5.32 Å². The van der Waals surface area contributed by atoms with Crippen LogP contribution in [-0.4, -0.2) is 12.4 Å². The molecule has 0 radical (unpaired) electrons. The maximum absolute atomic E-state index is 5.62. The summed E-state index contributed by atoms with van der Waals surface area (Å²) in [6.45, 7) is 0.798. The van der Waals surface area contributed by atoms with Crippen molar-refractivity contribution >= 4 is 17.3 Å². The summed E-state index contributed by atoms with van der Waals surface area (Å²) in [5, 5.41) is 3.24. The van der Waals surface area contributed by atoms with E-state index >= 15 is 0 Å². The van der Waals surface area contributed by atoms with Gasteiger partial charge in [-0.15, -0.1) is 11.6 Å². The Bertz CT molecular complexity index is 422. The van der Waals surface area contributed by atoms with Crippen LogP contribution in [-0.2, 0) is 0 Å². The summed E-state index contributed by atoms with van der Waals surface area (Å²) >= 11 is 5.62. The molecule has 0 aliphatic carbocycles. The summed E-state index contributed by atoms with van der Waals surface area (Å²) in [4.78, 5) is 0. The molecule has 0 aliphatic rings. The summed E-state index contributed by atoms with van der Waals surface area (Å²) in [6.07, 6.45) is 0. The molecular weight excluding hydrogens is 218 g/mol. The minimum atomic E-state index is 0.625. The first-order valence-electron chi connectivity index (χ1n) is 5.35. The minimum absolute atomic E-state index is 0.625. The fraction of sp³-hybridized carbons (Fsp3) is 0.143. The van der Waals surface area contributed by atoms with Gasteiger partial charge < -0.3 is 5.32 Å². The Morgan fingerprint density at radius 1 is 0.812 bits per heavy atom. The van der Waals surface area contributed by atoms with Crippen LogP contribution in [0.25, 0.3) is 11.1 Å². The molecule has 1 nitrogen and oxygen atoms in total. The van der Waals surface area contributed by atoms with Crippen molar-refractivity contribution in [3.05, 3.63) is 54.6 Å². The van der Waals surface area contributed by atoms with Gasteiger partial charge in [-0.1, -0.05) is 42.5 Å². The number of benzene rings is 2. The van der Waals surface area contributed by atoms with Crippen molar-refractivity contribution < 1.29 is 0 Å². The van der Waals surface area contributed by atoms with Gasteiger partial charge in [0.2, 0.25) is 0 Å². The third kappa shape index (κ3) is 2.77. The van der Waals surface area contributed by atoms with Crippen LogP contribution in [0.15, 0.2) is 54.6 Å². The van der Waals surface area contributed by atoms with E-state index in [2.05, 4.69) is 53.8 Å². The van der Waals surface area contributed by atoms with Gasteiger partial charge in [0.05, 0.1) is 0 Å². The predicted molar refractivity (Wildman–Crippen MR) is 71.1 cm³/mol. The van der Waals surface area contributed by atoms with Crippen molar-refractivity contribution in [3.63, 3.8) is 0 Å². The van der Waals surface area contributed by atoms with Gasteiger partial charge in [-0.05, 0) is 23.3 Å². The lowest BCUT2D eigenvalue weighted by Crippen LogP contribution is -2.01. The zero-order valence-electron chi connectivity index (χ0n) is 8.99. The van der Waals surface area contributed by atoms with E-state index in [9.17, 15) is 0 Å². The standard InChI is InChI=1S/C14H14ClN/c15-10-11-16-14-8-6-13(7-9-14)12-4-2-1-3-5-12/h1-9,16H,10-11H2. The van der Waals surface area contributed by atoms with Crippen molar-refractivity contribution in [1.82, 2.24) is 0 Å². The zero-order chi connectivity index (χ0) is 11.2. The Kier molecular flexibility index (Phi) is 3.84. The van der Waals surface area contributed by atoms with Gasteiger partial charge >= 0.3 is 0 Å². The van der Waals surface area contributed by atoms with Gasteiger partial charge in [0, 0.05) is 18.1 Å². The Balaban J connectivity index is 2.13. The van der Waals surface area contributed by atoms with Gasteiger partial charge in [0.25, 0.3) is 0 Å². The summed E-state index contributed by atoms with van der Waals surface area (Å²) < 4.78 is 0. The molecule has 0 aromatic heterocycles. The number of alkyl halides is 1. The molecule has 16 heavy (non-hydrogen) atoms. The van der Waals surface area contributed by atoms with Crippen molar-refractivity contribution in [2.45, 2.75) is 0 Å². The SMILES string of the molecule is ClCCNc1ccc(-c2ccccc2)cc1. The summed E-state index contributed by atoms with van der Waals surface area (Å²) in [6, 6.07) is 18.7. The van der Waals surface area contributed by atoms with Crippen LogP contribution in [0.4, 0.5) is 5.69 Å². The van der Waals surface area contributed by atoms with Crippen LogP contribution >= 0.6 is 11.6 Å². The average molecular weight is 232 g/mol. The Morgan fingerprint density at radius 2 is 1.44 bits per heavy atom. The molecule has 2 heteroatoms. The minimum Gasteiger partial charge on any atom is -0.384 e. The number of hydrogen-bond donors (Lipinski definition) is 1. The first-order chi connectivity index (χ1) is 7.90. The van der Waals surface area contributed by atoms with E-state index in [-0.39, 0.29) is 0 Å². The summed E-state index contributed by atoms with van der Waals surface area (Å²) in [5.41, 5.74) is 3.59. The van der Waals surface area contributed by atoms with Gasteiger partial charge in [0.15, 0.2) is 0 Å². The van der Waals surface area contributed by atoms with Crippen LogP contribution in [0.3, 0.4) is 0 Å². The fourth-order valence-electron chi connectivity index (χ4n) is 1.60. The molecule has 2 aromatic rings. The Morgan fingerprint density at radius 3 is 2.06 bits per heavy atom. The van der Waals surface area contributed by atoms with Crippen molar-refractivity contribution in [2.24, 2.45) is 0 Å². The molecule has 0 aliphatic heterocycles. The lowest BCUT2D eigenvalue weighted by Gasteiger charge is -2.05. The second kappa shape index (κ2) is 5.57. The Labute approximate surface area is 101 Å². The molecule has 0 unspecified atom stereocenters. The monoisotopic (exact) mass is 231 g/mol. The molecule has 0 fully saturated rings. The molecule has 0 heterocycles. The molecular formula is C14H14ClN. The van der Waals surface area contributed by atoms with Crippen molar-refractivity contribution in [2.75, 3.05) is 17.7 Å². The number of hydrogen-bond acceptors (Lipinski definition) is 1. The zero-order valence-corrected chi connectivity index (χ0v) is 9.74. The molecule has 2 aromatic carbocycles. The highest BCUT2D eigenvalue weighted by atomic mass is 35.5. The smallest absolute Gasteiger partial charge is 0.0396 e. The maximum Gasteiger partial charge on any atom is 0.0396 e. The first kappa shape index (κ1) is 11.0. The van der Waals surface area contributed by atoms with Gasteiger partial charge in [0.1, 0.15) is 0 Å². The fourth-order valence-corrected chi connectivity index (χ4v) is 1.70. The third-order valence-corrected chi connectivity index (χ3v) is 2.60. The van der Waals surface area contributed by atoms with E-state index in [1.165, 1.54) is 11.1 Å². The van der Waals surface area contributed by atoms with E-state index in [1.807, 2.05) is 6.07 Å². The van der Waals surface area contributed by atoms with Gasteiger partial charge in [-0.25, -0.2) is 0 Å². The quantitative estimate of drug-likeness (QED) is 0.785. The van der Waals surface area contributed by atoms with E-state index in [4.69, 9.17) is 11.6 Å². The predicted octanol–water partition coefficient (Wildman–Crippen LogP) is 4.00. The average Bonchev–Trinajstić information content (AvgIpc) is 2.38. The summed E-state index contributed by atoms with van der Waals surface area (Å²) in [5.74, 6) is 0.625. The molecule has 2 rings (SSSR count). The maximum atomic E-state index is 5.62. The topological polar surface area (TPSA) is 12.0 Å². The molecule has 1 N–H and O–H groups in total. The second-order valence-electron chi connectivity index (χ2n) is 3.56. The molecule has 0 saturated heterocycles. The van der Waals surface area contributed by atoms with Crippen LogP contribution in [0.1, 0.15) is 0 Å². The highest BCUT2D eigenvalue weighted by molar-refractivity contribution is 6.18. The van der Waals surface area contributed by atoms with Crippen molar-refractivity contribution in [3.8, 4) is 11.1 Å². The van der Waals surface area contributed by atoms with Crippen molar-refractivity contribution in [1.29, 1.82) is 0 Å². The third-order valence-electron chi connectivity index (χ3n) is 2.42. The van der Waals surface area contributed by atoms with Gasteiger partial charge in [-0.3, -0.25) is 0 Å². The molecule has 0 atom stereocenters. The number of anilines is 1. The lowest BCUT2D eigenvalue weighted by molar-refractivity contribution is 1.22. The van der Waals surface area contributed by atoms with E-state index < -0.39 is 0 Å². The molecule has 0 saturated carbocycles. The van der Waals surface area contributed by atoms with Gasteiger partial charge in [-0.2, -0.15) is 0 Å². The number of halogens is 1. The molecule has 0 spiro atoms. The number of rotatable bonds is 4. The van der Waals surface area contributed by atoms with Crippen LogP contribution in [0, 0.1) is 0 Å². The second-order valence-corrected chi connectivity index (χ2v) is 3.94. The molecule has 0 amide bonds. The lowest BCUT2D eigenvalue weighted by atomic mass is 10.1.